The number of hydrogen-bond donors (Lipinski definition) is 1. The number of thiophene rings is 1. The highest BCUT2D eigenvalue weighted by Crippen LogP contribution is 2.23. The smallest absolute Gasteiger partial charge is 0.324 e. The summed E-state index contributed by atoms with van der Waals surface area (Å²) in [4.78, 5) is 21.8. The van der Waals surface area contributed by atoms with E-state index < -0.39 is 4.92 Å². The Hall–Kier alpha value is -1.47. The highest BCUT2D eigenvalue weighted by atomic mass is 32.1. The zero-order chi connectivity index (χ0) is 12.7. The molecule has 0 aliphatic heterocycles. The molecule has 1 N–H and O–H groups in total. The number of nitro groups is 1. The number of methoxy groups -OCH3 is 1. The number of hydrogen-bond acceptors (Lipinski definition) is 6. The maximum Gasteiger partial charge on any atom is 0.324 e. The van der Waals surface area contributed by atoms with Gasteiger partial charge in [0.2, 0.25) is 0 Å². The summed E-state index contributed by atoms with van der Waals surface area (Å²) in [6.45, 7) is 1.26. The molecule has 94 valence electrons. The van der Waals surface area contributed by atoms with Gasteiger partial charge in [0.25, 0.3) is 0 Å². The van der Waals surface area contributed by atoms with Crippen molar-refractivity contribution in [1.29, 1.82) is 0 Å². The van der Waals surface area contributed by atoms with Crippen LogP contribution in [0.5, 0.6) is 0 Å². The molecule has 0 aliphatic rings. The summed E-state index contributed by atoms with van der Waals surface area (Å²) in [5, 5.41) is 13.7. The Balaban J connectivity index is 2.18. The lowest BCUT2D eigenvalue weighted by atomic mass is 10.3. The maximum atomic E-state index is 10.8. The Morgan fingerprint density at radius 2 is 2.35 bits per heavy atom. The lowest BCUT2D eigenvalue weighted by molar-refractivity contribution is -0.380. The largest absolute Gasteiger partial charge is 0.469 e. The summed E-state index contributed by atoms with van der Waals surface area (Å²) in [7, 11) is 1.36. The van der Waals surface area contributed by atoms with Crippen molar-refractivity contribution >= 4 is 22.3 Å². The van der Waals surface area contributed by atoms with Crippen molar-refractivity contribution in [3.8, 4) is 0 Å². The van der Waals surface area contributed by atoms with Gasteiger partial charge >= 0.3 is 11.0 Å². The molecule has 0 spiro atoms. The quantitative estimate of drug-likeness (QED) is 0.348. The van der Waals surface area contributed by atoms with E-state index >= 15 is 0 Å². The lowest BCUT2D eigenvalue weighted by Crippen LogP contribution is -2.15. The van der Waals surface area contributed by atoms with Crippen LogP contribution in [0.15, 0.2) is 12.1 Å². The van der Waals surface area contributed by atoms with E-state index in [0.29, 0.717) is 25.9 Å². The van der Waals surface area contributed by atoms with Crippen molar-refractivity contribution in [1.82, 2.24) is 5.32 Å². The fraction of sp³-hybridized carbons (Fsp3) is 0.500. The zero-order valence-corrected chi connectivity index (χ0v) is 10.3. The third-order valence-electron chi connectivity index (χ3n) is 2.09. The number of rotatable bonds is 7. The lowest BCUT2D eigenvalue weighted by Gasteiger charge is -2.01. The topological polar surface area (TPSA) is 81.5 Å². The second-order valence-corrected chi connectivity index (χ2v) is 4.50. The van der Waals surface area contributed by atoms with Crippen molar-refractivity contribution < 1.29 is 14.5 Å². The minimum absolute atomic E-state index is 0.149. The van der Waals surface area contributed by atoms with Gasteiger partial charge in [0, 0.05) is 23.9 Å². The normalized spacial score (nSPS) is 10.2. The molecule has 0 saturated heterocycles. The Labute approximate surface area is 103 Å². The monoisotopic (exact) mass is 258 g/mol. The van der Waals surface area contributed by atoms with Crippen LogP contribution in [0.1, 0.15) is 17.7 Å². The maximum absolute atomic E-state index is 10.8. The van der Waals surface area contributed by atoms with Crippen molar-refractivity contribution in [2.24, 2.45) is 0 Å². The van der Waals surface area contributed by atoms with Crippen molar-refractivity contribution in [3.05, 3.63) is 27.1 Å². The van der Waals surface area contributed by atoms with Crippen LogP contribution in [-0.4, -0.2) is 24.5 Å². The molecule has 0 aromatic carbocycles. The number of nitrogens with zero attached hydrogens (tertiary/aromatic N) is 1. The molecule has 0 radical (unpaired) electrons. The zero-order valence-electron chi connectivity index (χ0n) is 9.47. The molecule has 7 heteroatoms. The number of nitrogens with one attached hydrogen (secondary N) is 1. The molecule has 0 aliphatic carbocycles. The number of ether oxygens (including phenoxy) is 1. The molecule has 0 atom stereocenters. The van der Waals surface area contributed by atoms with Crippen molar-refractivity contribution in [2.75, 3.05) is 13.7 Å². The Morgan fingerprint density at radius 1 is 1.59 bits per heavy atom. The molecule has 1 aromatic heterocycles. The molecule has 6 nitrogen and oxygen atoms in total. The average molecular weight is 258 g/mol. The van der Waals surface area contributed by atoms with Crippen LogP contribution in [0.3, 0.4) is 0 Å². The molecule has 0 amide bonds. The highest BCUT2D eigenvalue weighted by molar-refractivity contribution is 7.15. The number of carbonyl (C=O) groups is 1. The van der Waals surface area contributed by atoms with Gasteiger partial charge in [-0.05, 0) is 19.0 Å². The van der Waals surface area contributed by atoms with Gasteiger partial charge in [-0.15, -0.1) is 0 Å². The van der Waals surface area contributed by atoms with Crippen LogP contribution in [0, 0.1) is 10.1 Å². The van der Waals surface area contributed by atoms with Crippen LogP contribution in [0.2, 0.25) is 0 Å². The molecule has 0 bridgehead atoms. The summed E-state index contributed by atoms with van der Waals surface area (Å²) < 4.78 is 4.51. The van der Waals surface area contributed by atoms with Crippen LogP contribution in [0.25, 0.3) is 0 Å². The highest BCUT2D eigenvalue weighted by Gasteiger charge is 2.08. The van der Waals surface area contributed by atoms with E-state index in [9.17, 15) is 14.9 Å². The van der Waals surface area contributed by atoms with Gasteiger partial charge < -0.3 is 10.1 Å². The third-order valence-corrected chi connectivity index (χ3v) is 3.13. The summed E-state index contributed by atoms with van der Waals surface area (Å²) >= 11 is 1.16. The summed E-state index contributed by atoms with van der Waals surface area (Å²) in [5.41, 5.74) is 0. The SMILES string of the molecule is COC(=O)CCCNCc1ccc([N+](=O)[O-])s1. The van der Waals surface area contributed by atoms with E-state index in [-0.39, 0.29) is 11.0 Å². The molecule has 1 heterocycles. The molecule has 0 saturated carbocycles. The van der Waals surface area contributed by atoms with E-state index in [1.807, 2.05) is 0 Å². The molecule has 17 heavy (non-hydrogen) atoms. The summed E-state index contributed by atoms with van der Waals surface area (Å²) in [5.74, 6) is -0.224. The van der Waals surface area contributed by atoms with E-state index in [1.54, 1.807) is 6.07 Å². The van der Waals surface area contributed by atoms with Gasteiger partial charge in [-0.1, -0.05) is 11.3 Å². The van der Waals surface area contributed by atoms with Gasteiger partial charge in [-0.25, -0.2) is 0 Å². The van der Waals surface area contributed by atoms with E-state index in [4.69, 9.17) is 0 Å². The predicted molar refractivity (Wildman–Crippen MR) is 63.9 cm³/mol. The molecule has 0 fully saturated rings. The van der Waals surface area contributed by atoms with Crippen LogP contribution < -0.4 is 5.32 Å². The van der Waals surface area contributed by atoms with Gasteiger partial charge in [-0.2, -0.15) is 0 Å². The minimum Gasteiger partial charge on any atom is -0.469 e. The predicted octanol–water partition coefficient (Wildman–Crippen LogP) is 1.70. The second kappa shape index (κ2) is 6.97. The van der Waals surface area contributed by atoms with Gasteiger partial charge in [0.05, 0.1) is 12.0 Å². The summed E-state index contributed by atoms with van der Waals surface area (Å²) in [6.07, 6.45) is 1.08. The minimum atomic E-state index is -0.397. The Kier molecular flexibility index (Phi) is 5.58. The fourth-order valence-corrected chi connectivity index (χ4v) is 2.02. The van der Waals surface area contributed by atoms with Crippen LogP contribution >= 0.6 is 11.3 Å². The average Bonchev–Trinajstić information content (AvgIpc) is 2.77. The number of carbonyl (C=O) groups excluding carboxylic acids is 1. The van der Waals surface area contributed by atoms with Crippen LogP contribution in [0.4, 0.5) is 5.00 Å². The molecular weight excluding hydrogens is 244 g/mol. The van der Waals surface area contributed by atoms with Gasteiger partial charge in [-0.3, -0.25) is 14.9 Å². The van der Waals surface area contributed by atoms with E-state index in [1.165, 1.54) is 13.2 Å². The molecule has 1 rings (SSSR count). The molecular formula is C10H14N2O4S. The second-order valence-electron chi connectivity index (χ2n) is 3.35. The van der Waals surface area contributed by atoms with Crippen LogP contribution in [-0.2, 0) is 16.1 Å². The fourth-order valence-electron chi connectivity index (χ4n) is 1.23. The van der Waals surface area contributed by atoms with Crippen molar-refractivity contribution in [2.45, 2.75) is 19.4 Å². The van der Waals surface area contributed by atoms with E-state index in [0.717, 1.165) is 16.2 Å². The third kappa shape index (κ3) is 4.92. The Morgan fingerprint density at radius 3 is 2.94 bits per heavy atom. The standard InChI is InChI=1S/C10H14N2O4S/c1-16-10(13)3-2-6-11-7-8-4-5-9(17-8)12(14)15/h4-5,11H,2-3,6-7H2,1H3. The van der Waals surface area contributed by atoms with Gasteiger partial charge in [0.1, 0.15) is 0 Å². The van der Waals surface area contributed by atoms with Gasteiger partial charge in [0.15, 0.2) is 0 Å². The number of esters is 1. The first kappa shape index (κ1) is 13.6. The first-order chi connectivity index (χ1) is 8.13. The summed E-state index contributed by atoms with van der Waals surface area (Å²) in [6, 6.07) is 3.23. The Bertz CT molecular complexity index is 391. The van der Waals surface area contributed by atoms with E-state index in [2.05, 4.69) is 10.1 Å². The first-order valence-electron chi connectivity index (χ1n) is 5.14. The molecule has 0 unspecified atom stereocenters. The first-order valence-corrected chi connectivity index (χ1v) is 5.95. The van der Waals surface area contributed by atoms with Crippen molar-refractivity contribution in [3.63, 3.8) is 0 Å². The molecule has 1 aromatic rings.